The van der Waals surface area contributed by atoms with Gasteiger partial charge in [-0.2, -0.15) is 15.0 Å². The van der Waals surface area contributed by atoms with Gasteiger partial charge in [0.2, 0.25) is 17.8 Å². The molecule has 0 atom stereocenters. The Labute approximate surface area is 220 Å². The van der Waals surface area contributed by atoms with Crippen LogP contribution in [-0.2, 0) is 0 Å². The SMILES string of the molecule is CN1CCN(c2nc(Nc3ccc(-c4nc5ccccc5s4)c(O)c3)nc(N3CCN(C)CC3)n2)CC1. The number of nitrogens with one attached hydrogen (secondary N) is 1. The normalized spacial score (nSPS) is 17.5. The maximum Gasteiger partial charge on any atom is 0.233 e. The Balaban J connectivity index is 1.28. The van der Waals surface area contributed by atoms with Gasteiger partial charge in [-0.25, -0.2) is 4.98 Å². The number of anilines is 4. The van der Waals surface area contributed by atoms with Crippen molar-refractivity contribution in [3.05, 3.63) is 42.5 Å². The molecule has 2 aromatic carbocycles. The van der Waals surface area contributed by atoms with Crippen LogP contribution in [0.3, 0.4) is 0 Å². The van der Waals surface area contributed by atoms with Crippen molar-refractivity contribution in [3.8, 4) is 16.3 Å². The van der Waals surface area contributed by atoms with Gasteiger partial charge in [-0.05, 0) is 38.4 Å². The average Bonchev–Trinajstić information content (AvgIpc) is 3.33. The fourth-order valence-corrected chi connectivity index (χ4v) is 5.61. The van der Waals surface area contributed by atoms with Crippen molar-refractivity contribution in [2.75, 3.05) is 81.6 Å². The van der Waals surface area contributed by atoms with Crippen molar-refractivity contribution in [1.82, 2.24) is 29.7 Å². The number of piperazine rings is 2. The number of fused-ring (bicyclic) bond motifs is 1. The van der Waals surface area contributed by atoms with E-state index < -0.39 is 0 Å². The molecular weight excluding hydrogens is 486 g/mol. The standard InChI is InChI=1S/C26H31N9OS/c1-32-9-13-34(14-10-32)25-29-24(30-26(31-25)35-15-11-33(2)12-16-35)27-18-7-8-19(21(36)17-18)23-28-20-5-3-4-6-22(20)37-23/h3-8,17,36H,9-16H2,1-2H3,(H,27,29,30,31). The molecule has 6 rings (SSSR count). The molecule has 37 heavy (non-hydrogen) atoms. The van der Waals surface area contributed by atoms with E-state index in [9.17, 15) is 5.11 Å². The highest BCUT2D eigenvalue weighted by Crippen LogP contribution is 2.37. The maximum absolute atomic E-state index is 10.9. The second-order valence-electron chi connectivity index (χ2n) is 9.68. The van der Waals surface area contributed by atoms with Crippen LogP contribution in [0.1, 0.15) is 0 Å². The topological polar surface area (TPSA) is 96.8 Å². The van der Waals surface area contributed by atoms with Crippen LogP contribution in [-0.4, -0.2) is 101 Å². The highest BCUT2D eigenvalue weighted by Gasteiger charge is 2.23. The van der Waals surface area contributed by atoms with Crippen LogP contribution in [0.5, 0.6) is 5.75 Å². The lowest BCUT2D eigenvalue weighted by atomic mass is 10.2. The van der Waals surface area contributed by atoms with Crippen LogP contribution < -0.4 is 15.1 Å². The zero-order chi connectivity index (χ0) is 25.4. The lowest BCUT2D eigenvalue weighted by molar-refractivity contribution is 0.309. The first kappa shape index (κ1) is 23.8. The number of phenolic OH excluding ortho intramolecular Hbond substituents is 1. The number of benzene rings is 2. The quantitative estimate of drug-likeness (QED) is 0.411. The molecule has 4 aromatic rings. The molecular formula is C26H31N9OS. The van der Waals surface area contributed by atoms with Gasteiger partial charge in [0.05, 0.1) is 15.8 Å². The fraction of sp³-hybridized carbons (Fsp3) is 0.385. The summed E-state index contributed by atoms with van der Waals surface area (Å²) < 4.78 is 1.09. The zero-order valence-electron chi connectivity index (χ0n) is 21.1. The second kappa shape index (κ2) is 10.1. The van der Waals surface area contributed by atoms with Gasteiger partial charge in [0.25, 0.3) is 0 Å². The lowest BCUT2D eigenvalue weighted by Crippen LogP contribution is -2.46. The molecule has 10 nitrogen and oxygen atoms in total. The van der Waals surface area contributed by atoms with Gasteiger partial charge in [-0.3, -0.25) is 0 Å². The smallest absolute Gasteiger partial charge is 0.233 e. The molecule has 0 unspecified atom stereocenters. The minimum absolute atomic E-state index is 0.164. The van der Waals surface area contributed by atoms with Gasteiger partial charge in [-0.1, -0.05) is 12.1 Å². The van der Waals surface area contributed by atoms with E-state index in [4.69, 9.17) is 15.0 Å². The summed E-state index contributed by atoms with van der Waals surface area (Å²) in [6, 6.07) is 13.5. The number of rotatable bonds is 5. The highest BCUT2D eigenvalue weighted by molar-refractivity contribution is 7.21. The molecule has 2 N–H and O–H groups in total. The van der Waals surface area contributed by atoms with Gasteiger partial charge in [-0.15, -0.1) is 11.3 Å². The van der Waals surface area contributed by atoms with Gasteiger partial charge in [0.1, 0.15) is 10.8 Å². The third-order valence-electron chi connectivity index (χ3n) is 6.96. The molecule has 2 saturated heterocycles. The summed E-state index contributed by atoms with van der Waals surface area (Å²) >= 11 is 1.57. The summed E-state index contributed by atoms with van der Waals surface area (Å²) in [6.07, 6.45) is 0. The van der Waals surface area contributed by atoms with E-state index in [0.717, 1.165) is 67.6 Å². The molecule has 0 amide bonds. The molecule has 0 spiro atoms. The van der Waals surface area contributed by atoms with E-state index in [1.54, 1.807) is 17.4 Å². The Morgan fingerprint density at radius 3 is 1.97 bits per heavy atom. The summed E-state index contributed by atoms with van der Waals surface area (Å²) in [7, 11) is 4.27. The molecule has 0 radical (unpaired) electrons. The average molecular weight is 518 g/mol. The molecule has 11 heteroatoms. The van der Waals surface area contributed by atoms with Crippen molar-refractivity contribution in [2.45, 2.75) is 0 Å². The van der Waals surface area contributed by atoms with E-state index in [1.807, 2.05) is 36.4 Å². The minimum atomic E-state index is 0.164. The van der Waals surface area contributed by atoms with Crippen molar-refractivity contribution in [2.24, 2.45) is 0 Å². The number of para-hydroxylation sites is 1. The lowest BCUT2D eigenvalue weighted by Gasteiger charge is -2.34. The van der Waals surface area contributed by atoms with Gasteiger partial charge in [0.15, 0.2) is 0 Å². The van der Waals surface area contributed by atoms with Gasteiger partial charge < -0.3 is 30.0 Å². The first-order valence-corrected chi connectivity index (χ1v) is 13.4. The number of phenols is 1. The summed E-state index contributed by atoms with van der Waals surface area (Å²) in [5.74, 6) is 2.02. The third-order valence-corrected chi connectivity index (χ3v) is 8.03. The molecule has 2 aliphatic rings. The number of nitrogens with zero attached hydrogens (tertiary/aromatic N) is 8. The van der Waals surface area contributed by atoms with Crippen molar-refractivity contribution >= 4 is 45.1 Å². The predicted molar refractivity (Wildman–Crippen MR) is 149 cm³/mol. The van der Waals surface area contributed by atoms with Crippen molar-refractivity contribution in [3.63, 3.8) is 0 Å². The Kier molecular flexibility index (Phi) is 6.49. The van der Waals surface area contributed by atoms with Crippen LogP contribution in [0.2, 0.25) is 0 Å². The number of hydrogen-bond acceptors (Lipinski definition) is 11. The van der Waals surface area contributed by atoms with Crippen LogP contribution in [0.4, 0.5) is 23.5 Å². The first-order valence-electron chi connectivity index (χ1n) is 12.6. The highest BCUT2D eigenvalue weighted by atomic mass is 32.1. The summed E-state index contributed by atoms with van der Waals surface area (Å²) in [5.41, 5.74) is 2.35. The zero-order valence-corrected chi connectivity index (χ0v) is 21.9. The van der Waals surface area contributed by atoms with E-state index in [0.29, 0.717) is 29.1 Å². The largest absolute Gasteiger partial charge is 0.507 e. The molecule has 4 heterocycles. The molecule has 192 valence electrons. The monoisotopic (exact) mass is 517 g/mol. The summed E-state index contributed by atoms with van der Waals surface area (Å²) in [4.78, 5) is 28.2. The summed E-state index contributed by atoms with van der Waals surface area (Å²) in [6.45, 7) is 7.39. The van der Waals surface area contributed by atoms with Crippen LogP contribution >= 0.6 is 11.3 Å². The molecule has 0 saturated carbocycles. The fourth-order valence-electron chi connectivity index (χ4n) is 4.61. The van der Waals surface area contributed by atoms with Gasteiger partial charge in [0, 0.05) is 64.1 Å². The molecule has 0 aliphatic carbocycles. The number of hydrogen-bond donors (Lipinski definition) is 2. The van der Waals surface area contributed by atoms with E-state index in [1.165, 1.54) is 0 Å². The molecule has 2 aromatic heterocycles. The summed E-state index contributed by atoms with van der Waals surface area (Å²) in [5, 5.41) is 15.0. The van der Waals surface area contributed by atoms with Gasteiger partial charge >= 0.3 is 0 Å². The predicted octanol–water partition coefficient (Wildman–Crippen LogP) is 3.10. The Morgan fingerprint density at radius 2 is 1.38 bits per heavy atom. The Hall–Kier alpha value is -3.54. The number of thiazole rings is 1. The Morgan fingerprint density at radius 1 is 0.757 bits per heavy atom. The second-order valence-corrected chi connectivity index (χ2v) is 10.7. The maximum atomic E-state index is 10.9. The van der Waals surface area contributed by atoms with Crippen molar-refractivity contribution in [1.29, 1.82) is 0 Å². The van der Waals surface area contributed by atoms with E-state index in [2.05, 4.69) is 44.0 Å². The van der Waals surface area contributed by atoms with Crippen molar-refractivity contribution < 1.29 is 5.11 Å². The Bertz CT molecular complexity index is 1320. The van der Waals surface area contributed by atoms with E-state index >= 15 is 0 Å². The number of aromatic nitrogens is 4. The van der Waals surface area contributed by atoms with Crippen LogP contribution in [0, 0.1) is 0 Å². The molecule has 0 bridgehead atoms. The first-order chi connectivity index (χ1) is 18.0. The number of likely N-dealkylation sites (N-methyl/N-ethyl adjacent to an activating group) is 2. The third kappa shape index (κ3) is 5.15. The van der Waals surface area contributed by atoms with Crippen LogP contribution in [0.15, 0.2) is 42.5 Å². The van der Waals surface area contributed by atoms with E-state index in [-0.39, 0.29) is 5.75 Å². The van der Waals surface area contributed by atoms with Crippen LogP contribution in [0.25, 0.3) is 20.8 Å². The molecule has 2 aliphatic heterocycles. The molecule has 2 fully saturated rings. The number of aromatic hydroxyl groups is 1. The minimum Gasteiger partial charge on any atom is -0.507 e.